The van der Waals surface area contributed by atoms with Gasteiger partial charge in [0.05, 0.1) is 18.4 Å². The lowest BCUT2D eigenvalue weighted by atomic mass is 9.87. The maximum atomic E-state index is 13.1. The number of amides is 2. The van der Waals surface area contributed by atoms with E-state index >= 15 is 0 Å². The highest BCUT2D eigenvalue weighted by Crippen LogP contribution is 2.34. The summed E-state index contributed by atoms with van der Waals surface area (Å²) in [7, 11) is 0. The van der Waals surface area contributed by atoms with Crippen molar-refractivity contribution in [2.45, 2.75) is 31.0 Å². The number of nitrogens with zero attached hydrogens (tertiary/aromatic N) is 3. The second-order valence-corrected chi connectivity index (χ2v) is 7.82. The zero-order valence-corrected chi connectivity index (χ0v) is 18.1. The number of aromatic nitrogens is 1. The standard InChI is InChI=1S/C20H19FN4O3.C2HF3O2/c21-15-6-4-14(5-7-15)19(27)25-10-2-8-20(13-25)11-17(24-28-20)18(26)23-16-3-1-9-22-12-16;3-2(4,5)1(6)7/h1,3-7,9,12H,2,8,10-11,13H2,(H,23,26);(H,6,7). The van der Waals surface area contributed by atoms with E-state index in [4.69, 9.17) is 14.7 Å². The Balaban J connectivity index is 0.000000429. The fourth-order valence-electron chi connectivity index (χ4n) is 3.55. The number of carbonyl (C=O) groups excluding carboxylic acids is 2. The molecule has 2 aliphatic rings. The van der Waals surface area contributed by atoms with Gasteiger partial charge in [-0.05, 0) is 49.2 Å². The van der Waals surface area contributed by atoms with Gasteiger partial charge in [0.1, 0.15) is 11.5 Å². The number of hydrogen-bond donors (Lipinski definition) is 2. The monoisotopic (exact) mass is 496 g/mol. The third-order valence-corrected chi connectivity index (χ3v) is 5.18. The molecular formula is C22H20F4N4O5. The van der Waals surface area contributed by atoms with Crippen molar-refractivity contribution in [3.63, 3.8) is 0 Å². The van der Waals surface area contributed by atoms with Crippen LogP contribution < -0.4 is 5.32 Å². The summed E-state index contributed by atoms with van der Waals surface area (Å²) in [6, 6.07) is 8.94. The maximum absolute atomic E-state index is 13.1. The molecule has 2 N–H and O–H groups in total. The molecule has 9 nitrogen and oxygen atoms in total. The number of halogens is 4. The van der Waals surface area contributed by atoms with Gasteiger partial charge in [0.2, 0.25) is 0 Å². The summed E-state index contributed by atoms with van der Waals surface area (Å²) < 4.78 is 44.8. The normalized spacial score (nSPS) is 19.2. The van der Waals surface area contributed by atoms with Crippen molar-refractivity contribution in [1.82, 2.24) is 9.88 Å². The fourth-order valence-corrected chi connectivity index (χ4v) is 3.55. The predicted molar refractivity (Wildman–Crippen MR) is 114 cm³/mol. The first-order valence-electron chi connectivity index (χ1n) is 10.3. The first-order valence-corrected chi connectivity index (χ1v) is 10.3. The molecule has 1 saturated heterocycles. The molecule has 2 aliphatic heterocycles. The molecule has 4 rings (SSSR count). The van der Waals surface area contributed by atoms with E-state index in [0.29, 0.717) is 42.9 Å². The van der Waals surface area contributed by atoms with Gasteiger partial charge >= 0.3 is 12.1 Å². The highest BCUT2D eigenvalue weighted by atomic mass is 19.4. The molecule has 1 unspecified atom stereocenters. The van der Waals surface area contributed by atoms with Gasteiger partial charge in [-0.25, -0.2) is 9.18 Å². The number of anilines is 1. The number of alkyl halides is 3. The van der Waals surface area contributed by atoms with Crippen LogP contribution in [-0.2, 0) is 14.4 Å². The van der Waals surface area contributed by atoms with Gasteiger partial charge in [0, 0.05) is 24.7 Å². The molecule has 0 saturated carbocycles. The summed E-state index contributed by atoms with van der Waals surface area (Å²) in [6.45, 7) is 0.912. The van der Waals surface area contributed by atoms with Gasteiger partial charge in [-0.3, -0.25) is 14.6 Å². The van der Waals surface area contributed by atoms with Crippen molar-refractivity contribution < 1.29 is 41.9 Å². The van der Waals surface area contributed by atoms with Gasteiger partial charge in [-0.1, -0.05) is 5.16 Å². The second-order valence-electron chi connectivity index (χ2n) is 7.82. The highest BCUT2D eigenvalue weighted by molar-refractivity contribution is 6.43. The number of piperidine rings is 1. The number of pyridine rings is 1. The number of likely N-dealkylation sites (tertiary alicyclic amines) is 1. The van der Waals surface area contributed by atoms with Crippen LogP contribution in [0.4, 0.5) is 23.2 Å². The van der Waals surface area contributed by atoms with Gasteiger partial charge in [0.25, 0.3) is 11.8 Å². The topological polar surface area (TPSA) is 121 Å². The molecule has 35 heavy (non-hydrogen) atoms. The lowest BCUT2D eigenvalue weighted by Gasteiger charge is -2.38. The Labute approximate surface area is 196 Å². The Kier molecular flexibility index (Phi) is 7.67. The Morgan fingerprint density at radius 1 is 1.14 bits per heavy atom. The summed E-state index contributed by atoms with van der Waals surface area (Å²) >= 11 is 0. The van der Waals surface area contributed by atoms with E-state index in [9.17, 15) is 27.2 Å². The minimum atomic E-state index is -5.08. The molecule has 2 amide bonds. The first-order chi connectivity index (χ1) is 16.5. The van der Waals surface area contributed by atoms with Crippen LogP contribution in [-0.4, -0.2) is 63.4 Å². The number of hydrogen-bond acceptors (Lipinski definition) is 6. The van der Waals surface area contributed by atoms with Crippen LogP contribution in [0.25, 0.3) is 0 Å². The number of carbonyl (C=O) groups is 3. The SMILES string of the molecule is O=C(Nc1cccnc1)C1=NOC2(CCCN(C(=O)c3ccc(F)cc3)C2)C1.O=C(O)C(F)(F)F. The van der Waals surface area contributed by atoms with E-state index in [1.807, 2.05) is 0 Å². The first kappa shape index (κ1) is 25.6. The van der Waals surface area contributed by atoms with Crippen LogP contribution in [0.15, 0.2) is 53.9 Å². The average Bonchev–Trinajstić information content (AvgIpc) is 3.22. The third kappa shape index (κ3) is 6.74. The molecule has 0 radical (unpaired) electrons. The summed E-state index contributed by atoms with van der Waals surface area (Å²) in [4.78, 5) is 45.4. The van der Waals surface area contributed by atoms with E-state index in [1.165, 1.54) is 24.3 Å². The average molecular weight is 496 g/mol. The smallest absolute Gasteiger partial charge is 0.475 e. The van der Waals surface area contributed by atoms with Crippen molar-refractivity contribution in [2.24, 2.45) is 5.16 Å². The summed E-state index contributed by atoms with van der Waals surface area (Å²) in [5.41, 5.74) is 0.593. The highest BCUT2D eigenvalue weighted by Gasteiger charge is 2.45. The number of nitrogens with one attached hydrogen (secondary N) is 1. The summed E-state index contributed by atoms with van der Waals surface area (Å²) in [5, 5.41) is 13.9. The molecule has 1 fully saturated rings. The molecule has 1 aromatic carbocycles. The van der Waals surface area contributed by atoms with Gasteiger partial charge in [-0.15, -0.1) is 0 Å². The van der Waals surface area contributed by atoms with E-state index in [0.717, 1.165) is 6.42 Å². The molecular weight excluding hydrogens is 476 g/mol. The van der Waals surface area contributed by atoms with Gasteiger partial charge < -0.3 is 20.2 Å². The molecule has 0 aliphatic carbocycles. The Morgan fingerprint density at radius 2 is 1.83 bits per heavy atom. The molecule has 0 bridgehead atoms. The zero-order valence-electron chi connectivity index (χ0n) is 18.1. The number of carboxylic acids is 1. The minimum Gasteiger partial charge on any atom is -0.475 e. The Bertz CT molecular complexity index is 1110. The number of aliphatic carboxylic acids is 1. The van der Waals surface area contributed by atoms with Gasteiger partial charge in [-0.2, -0.15) is 13.2 Å². The van der Waals surface area contributed by atoms with Crippen LogP contribution in [0.3, 0.4) is 0 Å². The van der Waals surface area contributed by atoms with Crippen molar-refractivity contribution in [1.29, 1.82) is 0 Å². The molecule has 1 spiro atoms. The molecule has 186 valence electrons. The largest absolute Gasteiger partial charge is 0.490 e. The second kappa shape index (κ2) is 10.5. The number of rotatable bonds is 3. The lowest BCUT2D eigenvalue weighted by Crippen LogP contribution is -2.50. The maximum Gasteiger partial charge on any atom is 0.490 e. The molecule has 1 atom stereocenters. The predicted octanol–water partition coefficient (Wildman–Crippen LogP) is 3.24. The van der Waals surface area contributed by atoms with E-state index in [-0.39, 0.29) is 17.6 Å². The van der Waals surface area contributed by atoms with Crippen LogP contribution in [0, 0.1) is 5.82 Å². The van der Waals surface area contributed by atoms with E-state index in [1.54, 1.807) is 29.4 Å². The number of carboxylic acid groups (broad SMARTS) is 1. The van der Waals surface area contributed by atoms with E-state index < -0.39 is 17.7 Å². The Morgan fingerprint density at radius 3 is 2.43 bits per heavy atom. The van der Waals surface area contributed by atoms with Crippen molar-refractivity contribution >= 4 is 29.2 Å². The molecule has 3 heterocycles. The van der Waals surface area contributed by atoms with E-state index in [2.05, 4.69) is 15.5 Å². The van der Waals surface area contributed by atoms with Crippen LogP contribution in [0.1, 0.15) is 29.6 Å². The summed E-state index contributed by atoms with van der Waals surface area (Å²) in [6.07, 6.45) is -0.150. The number of oxime groups is 1. The molecule has 2 aromatic rings. The van der Waals surface area contributed by atoms with Crippen LogP contribution in [0.5, 0.6) is 0 Å². The van der Waals surface area contributed by atoms with Gasteiger partial charge in [0.15, 0.2) is 5.60 Å². The zero-order chi connectivity index (χ0) is 25.6. The molecule has 1 aromatic heterocycles. The Hall–Kier alpha value is -4.03. The van der Waals surface area contributed by atoms with Crippen molar-refractivity contribution in [3.05, 3.63) is 60.2 Å². The molecule has 13 heteroatoms. The fraction of sp³-hybridized carbons (Fsp3) is 0.318. The van der Waals surface area contributed by atoms with Crippen LogP contribution >= 0.6 is 0 Å². The number of benzene rings is 1. The quantitative estimate of drug-likeness (QED) is 0.630. The van der Waals surface area contributed by atoms with Crippen LogP contribution in [0.2, 0.25) is 0 Å². The third-order valence-electron chi connectivity index (χ3n) is 5.18. The van der Waals surface area contributed by atoms with Crippen molar-refractivity contribution in [2.75, 3.05) is 18.4 Å². The lowest BCUT2D eigenvalue weighted by molar-refractivity contribution is -0.192. The minimum absolute atomic E-state index is 0.184. The summed E-state index contributed by atoms with van der Waals surface area (Å²) in [5.74, 6) is -3.67. The van der Waals surface area contributed by atoms with Crippen molar-refractivity contribution in [3.8, 4) is 0 Å².